The van der Waals surface area contributed by atoms with E-state index < -0.39 is 11.9 Å². The molecular formula is C28H23Cl2IN2O6S. The van der Waals surface area contributed by atoms with Crippen molar-refractivity contribution in [1.82, 2.24) is 4.90 Å². The highest BCUT2D eigenvalue weighted by molar-refractivity contribution is 14.1. The zero-order valence-electron chi connectivity index (χ0n) is 21.6. The number of amides is 1. The number of methoxy groups -OCH3 is 3. The average molecular weight is 713 g/mol. The number of hydrogen-bond acceptors (Lipinski definition) is 7. The molecule has 8 nitrogen and oxygen atoms in total. The summed E-state index contributed by atoms with van der Waals surface area (Å²) >= 11 is 20.0. The molecule has 0 aliphatic carbocycles. The van der Waals surface area contributed by atoms with Gasteiger partial charge >= 0.3 is 5.97 Å². The molecule has 3 aromatic carbocycles. The smallest absolute Gasteiger partial charge is 0.325 e. The fraction of sp³-hybridized carbons (Fsp3) is 0.179. The van der Waals surface area contributed by atoms with Crippen molar-refractivity contribution in [3.63, 3.8) is 0 Å². The van der Waals surface area contributed by atoms with Gasteiger partial charge in [-0.25, -0.2) is 0 Å². The van der Waals surface area contributed by atoms with Crippen LogP contribution in [0.15, 0.2) is 60.3 Å². The largest absolute Gasteiger partial charge is 0.497 e. The molecule has 0 radical (unpaired) electrons. The van der Waals surface area contributed by atoms with Crippen LogP contribution in [0.3, 0.4) is 0 Å². The van der Waals surface area contributed by atoms with Gasteiger partial charge in [0.15, 0.2) is 16.6 Å². The second-order valence-corrected chi connectivity index (χ2v) is 10.7. The quantitative estimate of drug-likeness (QED) is 0.110. The minimum Gasteiger partial charge on any atom is -0.497 e. The maximum Gasteiger partial charge on any atom is 0.325 e. The van der Waals surface area contributed by atoms with Crippen LogP contribution < -0.4 is 19.1 Å². The normalized spacial score (nSPS) is 14.1. The summed E-state index contributed by atoms with van der Waals surface area (Å²) in [6.07, 6.45) is 1.64. The number of rotatable bonds is 9. The molecule has 4 rings (SSSR count). The fourth-order valence-corrected chi connectivity index (χ4v) is 5.49. The number of ether oxygens (including phenoxy) is 4. The van der Waals surface area contributed by atoms with Crippen LogP contribution in [0.2, 0.25) is 10.0 Å². The Bertz CT molecular complexity index is 1500. The Morgan fingerprint density at radius 2 is 1.75 bits per heavy atom. The molecule has 0 spiro atoms. The number of halogens is 3. The van der Waals surface area contributed by atoms with Crippen molar-refractivity contribution < 1.29 is 28.5 Å². The zero-order valence-corrected chi connectivity index (χ0v) is 26.1. The maximum absolute atomic E-state index is 13.6. The summed E-state index contributed by atoms with van der Waals surface area (Å²) in [4.78, 5) is 28.7. The molecule has 1 heterocycles. The molecule has 3 aromatic rings. The first kappa shape index (κ1) is 29.9. The summed E-state index contributed by atoms with van der Waals surface area (Å²) in [6, 6.07) is 15.6. The van der Waals surface area contributed by atoms with Crippen molar-refractivity contribution in [1.29, 1.82) is 0 Å². The second kappa shape index (κ2) is 13.1. The molecule has 0 aromatic heterocycles. The molecule has 0 atom stereocenters. The van der Waals surface area contributed by atoms with Gasteiger partial charge in [-0.1, -0.05) is 29.3 Å². The van der Waals surface area contributed by atoms with Crippen molar-refractivity contribution in [3.8, 4) is 17.2 Å². The van der Waals surface area contributed by atoms with Crippen LogP contribution in [-0.4, -0.2) is 49.8 Å². The van der Waals surface area contributed by atoms with E-state index in [4.69, 9.17) is 54.4 Å². The lowest BCUT2D eigenvalue weighted by molar-refractivity contribution is -0.140. The number of carbonyl (C=O) groups excluding carboxylic acids is 2. The van der Waals surface area contributed by atoms with E-state index in [1.165, 1.54) is 24.0 Å². The summed E-state index contributed by atoms with van der Waals surface area (Å²) in [6.45, 7) is -0.0455. The van der Waals surface area contributed by atoms with Crippen LogP contribution in [-0.2, 0) is 20.9 Å². The van der Waals surface area contributed by atoms with Gasteiger partial charge in [0.05, 0.1) is 30.6 Å². The Balaban J connectivity index is 1.68. The van der Waals surface area contributed by atoms with E-state index in [1.54, 1.807) is 61.7 Å². The van der Waals surface area contributed by atoms with Gasteiger partial charge in [-0.15, -0.1) is 0 Å². The van der Waals surface area contributed by atoms with Gasteiger partial charge in [0.25, 0.3) is 5.91 Å². The van der Waals surface area contributed by atoms with Gasteiger partial charge in [0.2, 0.25) is 0 Å². The van der Waals surface area contributed by atoms with E-state index in [9.17, 15) is 9.59 Å². The SMILES string of the molecule is COC(=O)CN1C(=S)N(c2ccc(OC)cc2)C(=O)/C1=C/c1cc(I)c(OCc2ccc(Cl)cc2Cl)c(OC)c1. The molecule has 40 heavy (non-hydrogen) atoms. The highest BCUT2D eigenvalue weighted by atomic mass is 127. The minimum absolute atomic E-state index is 0.147. The number of nitrogens with zero attached hydrogens (tertiary/aromatic N) is 2. The first-order valence-corrected chi connectivity index (χ1v) is 13.9. The van der Waals surface area contributed by atoms with E-state index >= 15 is 0 Å². The molecular weight excluding hydrogens is 690 g/mol. The Labute approximate surface area is 260 Å². The minimum atomic E-state index is -0.547. The third-order valence-electron chi connectivity index (χ3n) is 5.92. The molecule has 0 N–H and O–H groups in total. The highest BCUT2D eigenvalue weighted by Gasteiger charge is 2.40. The van der Waals surface area contributed by atoms with Gasteiger partial charge in [0.1, 0.15) is 24.6 Å². The van der Waals surface area contributed by atoms with E-state index in [-0.39, 0.29) is 24.0 Å². The van der Waals surface area contributed by atoms with E-state index in [0.29, 0.717) is 38.5 Å². The molecule has 1 saturated heterocycles. The number of thiocarbonyl (C=S) groups is 1. The first-order valence-electron chi connectivity index (χ1n) is 11.7. The summed E-state index contributed by atoms with van der Waals surface area (Å²) in [5, 5.41) is 1.17. The third kappa shape index (κ3) is 6.46. The van der Waals surface area contributed by atoms with Gasteiger partial charge in [-0.2, -0.15) is 0 Å². The second-order valence-electron chi connectivity index (χ2n) is 8.37. The van der Waals surface area contributed by atoms with Gasteiger partial charge < -0.3 is 23.8 Å². The summed E-state index contributed by atoms with van der Waals surface area (Å²) in [5.41, 5.74) is 2.13. The van der Waals surface area contributed by atoms with Crippen molar-refractivity contribution in [2.24, 2.45) is 0 Å². The van der Waals surface area contributed by atoms with E-state index in [1.807, 2.05) is 6.07 Å². The van der Waals surface area contributed by atoms with Crippen molar-refractivity contribution in [3.05, 3.63) is 85.0 Å². The Hall–Kier alpha value is -3.06. The van der Waals surface area contributed by atoms with Crippen LogP contribution >= 0.6 is 58.0 Å². The standard InChI is InChI=1S/C28H23Cl2IN2O6S/c1-36-20-8-6-19(7-9-20)33-27(35)23(32(28(33)40)14-25(34)38-3)11-16-10-22(31)26(24(12-16)37-2)39-15-17-4-5-18(29)13-21(17)30/h4-13H,14-15H2,1-3H3/b23-11-. The van der Waals surface area contributed by atoms with Crippen LogP contribution in [0.1, 0.15) is 11.1 Å². The number of anilines is 1. The molecule has 0 saturated carbocycles. The number of esters is 1. The van der Waals surface area contributed by atoms with Crippen molar-refractivity contribution >= 4 is 86.8 Å². The Kier molecular flexibility index (Phi) is 9.77. The molecule has 1 aliphatic heterocycles. The molecule has 1 aliphatic rings. The third-order valence-corrected chi connectivity index (χ3v) is 7.71. The van der Waals surface area contributed by atoms with Crippen molar-refractivity contribution in [2.45, 2.75) is 6.61 Å². The van der Waals surface area contributed by atoms with Crippen LogP contribution in [0.4, 0.5) is 5.69 Å². The molecule has 208 valence electrons. The lowest BCUT2D eigenvalue weighted by Gasteiger charge is -2.19. The van der Waals surface area contributed by atoms with Crippen molar-refractivity contribution in [2.75, 3.05) is 32.8 Å². The molecule has 0 bridgehead atoms. The van der Waals surface area contributed by atoms with E-state index in [2.05, 4.69) is 22.6 Å². The highest BCUT2D eigenvalue weighted by Crippen LogP contribution is 2.37. The molecule has 1 fully saturated rings. The predicted octanol–water partition coefficient (Wildman–Crippen LogP) is 6.34. The monoisotopic (exact) mass is 712 g/mol. The lowest BCUT2D eigenvalue weighted by Crippen LogP contribution is -2.35. The molecule has 0 unspecified atom stereocenters. The average Bonchev–Trinajstić information content (AvgIpc) is 3.16. The van der Waals surface area contributed by atoms with Gasteiger partial charge in [0, 0.05) is 15.6 Å². The predicted molar refractivity (Wildman–Crippen MR) is 166 cm³/mol. The van der Waals surface area contributed by atoms with E-state index in [0.717, 1.165) is 9.13 Å². The summed E-state index contributed by atoms with van der Waals surface area (Å²) < 4.78 is 22.4. The number of carbonyl (C=O) groups is 2. The summed E-state index contributed by atoms with van der Waals surface area (Å²) in [5.74, 6) is 0.644. The van der Waals surface area contributed by atoms with Crippen LogP contribution in [0.25, 0.3) is 6.08 Å². The van der Waals surface area contributed by atoms with Gasteiger partial charge in [-0.3, -0.25) is 14.5 Å². The molecule has 1 amide bonds. The van der Waals surface area contributed by atoms with Gasteiger partial charge in [-0.05, 0) is 95.0 Å². The fourth-order valence-electron chi connectivity index (χ4n) is 3.90. The van der Waals surface area contributed by atoms with Crippen LogP contribution in [0.5, 0.6) is 17.2 Å². The zero-order chi connectivity index (χ0) is 29.0. The van der Waals surface area contributed by atoms with Crippen LogP contribution in [0, 0.1) is 3.57 Å². The Morgan fingerprint density at radius 1 is 1.02 bits per heavy atom. The topological polar surface area (TPSA) is 77.5 Å². The number of hydrogen-bond donors (Lipinski definition) is 0. The summed E-state index contributed by atoms with van der Waals surface area (Å²) in [7, 11) is 4.35. The number of benzene rings is 3. The molecule has 12 heteroatoms. The first-order chi connectivity index (χ1) is 19.2. The Morgan fingerprint density at radius 3 is 2.38 bits per heavy atom. The maximum atomic E-state index is 13.6. The lowest BCUT2D eigenvalue weighted by atomic mass is 10.1.